The highest BCUT2D eigenvalue weighted by Crippen LogP contribution is 2.67. The zero-order valence-corrected chi connectivity index (χ0v) is 22.7. The number of allylic oxidation sites excluding steroid dienone is 1. The van der Waals surface area contributed by atoms with Crippen molar-refractivity contribution in [1.29, 1.82) is 0 Å². The summed E-state index contributed by atoms with van der Waals surface area (Å²) in [5.41, 5.74) is 10.5. The summed E-state index contributed by atoms with van der Waals surface area (Å²) in [5, 5.41) is 0. The number of ether oxygens (including phenoxy) is 1. The number of carbonyl (C=O) groups excluding carboxylic acids is 1. The van der Waals surface area contributed by atoms with Crippen LogP contribution in [0.3, 0.4) is 0 Å². The molecule has 3 nitrogen and oxygen atoms in total. The van der Waals surface area contributed by atoms with Crippen molar-refractivity contribution in [2.24, 2.45) is 40.4 Å². The fourth-order valence-corrected chi connectivity index (χ4v) is 9.49. The number of esters is 1. The van der Waals surface area contributed by atoms with Crippen molar-refractivity contribution in [1.82, 2.24) is 0 Å². The Labute approximate surface area is 213 Å². The number of hydrogen-bond acceptors (Lipinski definition) is 3. The lowest BCUT2D eigenvalue weighted by molar-refractivity contribution is -0.0593. The predicted molar refractivity (Wildman–Crippen MR) is 144 cm³/mol. The summed E-state index contributed by atoms with van der Waals surface area (Å²) in [6.07, 6.45) is 15.3. The van der Waals surface area contributed by atoms with Crippen LogP contribution in [0.5, 0.6) is 0 Å². The van der Waals surface area contributed by atoms with Gasteiger partial charge in [-0.1, -0.05) is 52.2 Å². The molecule has 1 aromatic rings. The summed E-state index contributed by atoms with van der Waals surface area (Å²) in [6, 6.07) is 5.45. The van der Waals surface area contributed by atoms with Crippen LogP contribution in [-0.2, 0) is 4.74 Å². The first-order valence-corrected chi connectivity index (χ1v) is 14.4. The van der Waals surface area contributed by atoms with Crippen LogP contribution < -0.4 is 5.73 Å². The number of fused-ring (bicyclic) bond motifs is 5. The van der Waals surface area contributed by atoms with Gasteiger partial charge in [-0.25, -0.2) is 4.79 Å². The van der Waals surface area contributed by atoms with E-state index in [2.05, 4.69) is 33.8 Å². The first-order valence-electron chi connectivity index (χ1n) is 14.4. The van der Waals surface area contributed by atoms with Gasteiger partial charge < -0.3 is 10.5 Å². The summed E-state index contributed by atoms with van der Waals surface area (Å²) in [7, 11) is 0. The molecular weight excluding hydrogens is 430 g/mol. The van der Waals surface area contributed by atoms with E-state index in [0.29, 0.717) is 16.7 Å². The molecule has 0 aliphatic heterocycles. The molecule has 2 N–H and O–H groups in total. The monoisotopic (exact) mass is 477 g/mol. The van der Waals surface area contributed by atoms with Gasteiger partial charge in [-0.05, 0) is 116 Å². The second kappa shape index (κ2) is 9.27. The summed E-state index contributed by atoms with van der Waals surface area (Å²) < 4.78 is 6.06. The van der Waals surface area contributed by atoms with Crippen LogP contribution in [-0.4, -0.2) is 12.1 Å². The van der Waals surface area contributed by atoms with Gasteiger partial charge in [-0.2, -0.15) is 0 Å². The van der Waals surface area contributed by atoms with Gasteiger partial charge in [0.05, 0.1) is 5.56 Å². The lowest BCUT2D eigenvalue weighted by Gasteiger charge is -2.58. The Morgan fingerprint density at radius 1 is 1.14 bits per heavy atom. The summed E-state index contributed by atoms with van der Waals surface area (Å²) in [6.45, 7) is 12.0. The number of carbonyl (C=O) groups is 1. The molecule has 0 saturated heterocycles. The minimum atomic E-state index is -0.197. The molecule has 4 aliphatic rings. The summed E-state index contributed by atoms with van der Waals surface area (Å²) in [4.78, 5) is 12.9. The van der Waals surface area contributed by atoms with Gasteiger partial charge in [0, 0.05) is 12.1 Å². The van der Waals surface area contributed by atoms with Gasteiger partial charge in [-0.3, -0.25) is 0 Å². The van der Waals surface area contributed by atoms with Gasteiger partial charge in [0.15, 0.2) is 0 Å². The maximum atomic E-state index is 12.9. The van der Waals surface area contributed by atoms with Crippen LogP contribution in [0.2, 0.25) is 0 Å². The Balaban J connectivity index is 1.30. The predicted octanol–water partition coefficient (Wildman–Crippen LogP) is 8.12. The fourth-order valence-electron chi connectivity index (χ4n) is 9.49. The van der Waals surface area contributed by atoms with E-state index >= 15 is 0 Å². The summed E-state index contributed by atoms with van der Waals surface area (Å²) >= 11 is 0. The van der Waals surface area contributed by atoms with E-state index in [1.54, 1.807) is 17.7 Å². The maximum Gasteiger partial charge on any atom is 0.338 e. The van der Waals surface area contributed by atoms with Crippen LogP contribution in [0.15, 0.2) is 29.8 Å². The van der Waals surface area contributed by atoms with E-state index in [-0.39, 0.29) is 17.5 Å². The number of anilines is 1. The molecule has 0 bridgehead atoms. The Kier molecular flexibility index (Phi) is 6.60. The number of benzene rings is 1. The molecule has 1 aromatic carbocycles. The molecule has 3 saturated carbocycles. The number of rotatable bonds is 5. The highest BCUT2D eigenvalue weighted by atomic mass is 16.5. The number of hydrogen-bond donors (Lipinski definition) is 1. The van der Waals surface area contributed by atoms with Crippen molar-refractivity contribution >= 4 is 11.7 Å². The van der Waals surface area contributed by atoms with Crippen LogP contribution in [0.25, 0.3) is 0 Å². The molecule has 4 aliphatic carbocycles. The van der Waals surface area contributed by atoms with Gasteiger partial charge in [0.2, 0.25) is 0 Å². The first kappa shape index (κ1) is 24.9. The van der Waals surface area contributed by atoms with Crippen LogP contribution in [0.1, 0.15) is 108 Å². The van der Waals surface area contributed by atoms with Gasteiger partial charge in [0.25, 0.3) is 0 Å². The van der Waals surface area contributed by atoms with Gasteiger partial charge >= 0.3 is 5.97 Å². The molecule has 8 atom stereocenters. The largest absolute Gasteiger partial charge is 0.458 e. The van der Waals surface area contributed by atoms with Crippen molar-refractivity contribution in [2.45, 2.75) is 105 Å². The van der Waals surface area contributed by atoms with E-state index in [4.69, 9.17) is 10.5 Å². The molecule has 0 amide bonds. The normalized spacial score (nSPS) is 39.1. The molecule has 192 valence electrons. The van der Waals surface area contributed by atoms with E-state index in [1.807, 2.05) is 13.0 Å². The molecule has 3 heteroatoms. The fraction of sp³-hybridized carbons (Fsp3) is 0.719. The highest BCUT2D eigenvalue weighted by molar-refractivity contribution is 5.91. The third kappa shape index (κ3) is 4.15. The molecular formula is C32H47NO2. The SMILES string of the molecule is CCC[C@@H](C)[C@H]1CC[C@@H]2[C@@H]3CC=C4C[C@@H](OC(=O)c5ccc(N)cc5C)CC[C@]4(C)[C@@H]3CC[C@@]21C. The molecule has 0 aromatic heterocycles. The third-order valence-electron chi connectivity index (χ3n) is 11.3. The Morgan fingerprint density at radius 2 is 1.94 bits per heavy atom. The first-order chi connectivity index (χ1) is 16.7. The topological polar surface area (TPSA) is 52.3 Å². The molecule has 0 radical (unpaired) electrons. The minimum Gasteiger partial charge on any atom is -0.458 e. The molecule has 0 unspecified atom stereocenters. The van der Waals surface area contributed by atoms with Crippen LogP contribution in [0.4, 0.5) is 5.69 Å². The third-order valence-corrected chi connectivity index (χ3v) is 11.3. The van der Waals surface area contributed by atoms with E-state index in [9.17, 15) is 4.79 Å². The average molecular weight is 478 g/mol. The second-order valence-electron chi connectivity index (χ2n) is 13.1. The molecule has 3 fully saturated rings. The minimum absolute atomic E-state index is 0.00469. The average Bonchev–Trinajstić information content (AvgIpc) is 3.16. The Morgan fingerprint density at radius 3 is 2.69 bits per heavy atom. The van der Waals surface area contributed by atoms with Crippen LogP contribution in [0, 0.1) is 47.3 Å². The molecule has 0 heterocycles. The van der Waals surface area contributed by atoms with Gasteiger partial charge in [-0.15, -0.1) is 0 Å². The molecule has 0 spiro atoms. The van der Waals surface area contributed by atoms with Gasteiger partial charge in [0.1, 0.15) is 6.10 Å². The van der Waals surface area contributed by atoms with Crippen LogP contribution >= 0.6 is 0 Å². The lowest BCUT2D eigenvalue weighted by Crippen LogP contribution is -2.51. The number of nitrogen functional groups attached to an aromatic ring is 1. The quantitative estimate of drug-likeness (QED) is 0.265. The smallest absolute Gasteiger partial charge is 0.338 e. The number of aryl methyl sites for hydroxylation is 1. The van der Waals surface area contributed by atoms with Crippen molar-refractivity contribution < 1.29 is 9.53 Å². The van der Waals surface area contributed by atoms with E-state index in [0.717, 1.165) is 54.4 Å². The van der Waals surface area contributed by atoms with Crippen molar-refractivity contribution in [2.75, 3.05) is 5.73 Å². The van der Waals surface area contributed by atoms with E-state index < -0.39 is 0 Å². The highest BCUT2D eigenvalue weighted by Gasteiger charge is 2.59. The van der Waals surface area contributed by atoms with Crippen molar-refractivity contribution in [3.63, 3.8) is 0 Å². The Bertz CT molecular complexity index is 997. The molecule has 5 rings (SSSR count). The zero-order valence-electron chi connectivity index (χ0n) is 22.7. The zero-order chi connectivity index (χ0) is 25.0. The standard InChI is InChI=1S/C32H47NO2/c1-6-7-20(2)27-12-13-28-26-10-8-22-19-24(35-30(34)25-11-9-23(33)18-21(25)3)14-16-31(22,4)29(26)15-17-32(27,28)5/h8-9,11,18,20,24,26-29H,6-7,10,12-17,19,33H2,1-5H3/t20-,24+,26+,27-,28-,29-,31+,32-/m1/s1. The number of nitrogens with two attached hydrogens (primary N) is 1. The Hall–Kier alpha value is -1.77. The van der Waals surface area contributed by atoms with E-state index in [1.165, 1.54) is 44.9 Å². The maximum absolute atomic E-state index is 12.9. The van der Waals surface area contributed by atoms with Crippen molar-refractivity contribution in [3.8, 4) is 0 Å². The molecule has 35 heavy (non-hydrogen) atoms. The second-order valence-corrected chi connectivity index (χ2v) is 13.1. The summed E-state index contributed by atoms with van der Waals surface area (Å²) in [5.74, 6) is 4.13. The van der Waals surface area contributed by atoms with Crippen molar-refractivity contribution in [3.05, 3.63) is 41.0 Å². The lowest BCUT2D eigenvalue weighted by atomic mass is 9.47.